The van der Waals surface area contributed by atoms with Crippen LogP contribution < -0.4 is 10.2 Å². The standard InChI is InChI=1S/C18H16ClN3O2/c1-13(23)22(17-7-3-5-15(19)11-17)9-8-18(24)21-16-6-2-4-14(10-16)12-20/h2-7,10-11H,8-9H2,1H3,(H,21,24). The van der Waals surface area contributed by atoms with Gasteiger partial charge in [-0.3, -0.25) is 9.59 Å². The van der Waals surface area contributed by atoms with E-state index < -0.39 is 0 Å². The van der Waals surface area contributed by atoms with Crippen LogP contribution in [0, 0.1) is 11.3 Å². The Kier molecular flexibility index (Phi) is 5.94. The van der Waals surface area contributed by atoms with Crippen LogP contribution in [0.5, 0.6) is 0 Å². The fraction of sp³-hybridized carbons (Fsp3) is 0.167. The molecule has 0 fully saturated rings. The first-order valence-corrected chi connectivity index (χ1v) is 7.71. The number of hydrogen-bond donors (Lipinski definition) is 1. The molecule has 0 spiro atoms. The Bertz CT molecular complexity index is 799. The molecule has 5 nitrogen and oxygen atoms in total. The molecule has 24 heavy (non-hydrogen) atoms. The highest BCUT2D eigenvalue weighted by atomic mass is 35.5. The van der Waals surface area contributed by atoms with Gasteiger partial charge >= 0.3 is 0 Å². The molecule has 2 aromatic carbocycles. The number of benzene rings is 2. The number of nitrogens with zero attached hydrogens (tertiary/aromatic N) is 2. The number of anilines is 2. The summed E-state index contributed by atoms with van der Waals surface area (Å²) in [7, 11) is 0. The van der Waals surface area contributed by atoms with Gasteiger partial charge in [-0.1, -0.05) is 23.7 Å². The maximum absolute atomic E-state index is 12.1. The molecule has 0 bridgehead atoms. The summed E-state index contributed by atoms with van der Waals surface area (Å²) >= 11 is 5.95. The summed E-state index contributed by atoms with van der Waals surface area (Å²) in [6.07, 6.45) is 0.128. The average Bonchev–Trinajstić information content (AvgIpc) is 2.55. The van der Waals surface area contributed by atoms with E-state index in [9.17, 15) is 9.59 Å². The Morgan fingerprint density at radius 3 is 2.62 bits per heavy atom. The van der Waals surface area contributed by atoms with Gasteiger partial charge in [0.05, 0.1) is 11.6 Å². The molecule has 0 aliphatic carbocycles. The molecule has 2 amide bonds. The topological polar surface area (TPSA) is 73.2 Å². The van der Waals surface area contributed by atoms with E-state index in [2.05, 4.69) is 5.32 Å². The van der Waals surface area contributed by atoms with Crippen LogP contribution in [0.15, 0.2) is 48.5 Å². The predicted octanol–water partition coefficient (Wildman–Crippen LogP) is 3.59. The molecular formula is C18H16ClN3O2. The summed E-state index contributed by atoms with van der Waals surface area (Å²) in [4.78, 5) is 25.4. The van der Waals surface area contributed by atoms with Gasteiger partial charge in [0.25, 0.3) is 0 Å². The Balaban J connectivity index is 2.00. The van der Waals surface area contributed by atoms with Crippen molar-refractivity contribution in [1.82, 2.24) is 0 Å². The normalized spacial score (nSPS) is 9.88. The zero-order valence-corrected chi connectivity index (χ0v) is 13.9. The van der Waals surface area contributed by atoms with Gasteiger partial charge in [-0.15, -0.1) is 0 Å². The molecule has 122 valence electrons. The van der Waals surface area contributed by atoms with Crippen molar-refractivity contribution in [3.8, 4) is 6.07 Å². The van der Waals surface area contributed by atoms with Crippen molar-refractivity contribution in [2.45, 2.75) is 13.3 Å². The van der Waals surface area contributed by atoms with E-state index in [-0.39, 0.29) is 24.8 Å². The number of nitrogens with one attached hydrogen (secondary N) is 1. The first-order chi connectivity index (χ1) is 11.5. The van der Waals surface area contributed by atoms with Crippen molar-refractivity contribution in [2.75, 3.05) is 16.8 Å². The number of amides is 2. The molecule has 0 atom stereocenters. The van der Waals surface area contributed by atoms with E-state index in [1.807, 2.05) is 6.07 Å². The number of carbonyl (C=O) groups is 2. The van der Waals surface area contributed by atoms with Crippen LogP contribution in [0.3, 0.4) is 0 Å². The molecule has 6 heteroatoms. The van der Waals surface area contributed by atoms with Gasteiger partial charge in [0, 0.05) is 36.3 Å². The van der Waals surface area contributed by atoms with Gasteiger partial charge in [-0.25, -0.2) is 0 Å². The van der Waals surface area contributed by atoms with Crippen molar-refractivity contribution in [3.63, 3.8) is 0 Å². The fourth-order valence-electron chi connectivity index (χ4n) is 2.22. The second-order valence-electron chi connectivity index (χ2n) is 5.14. The first-order valence-electron chi connectivity index (χ1n) is 7.33. The van der Waals surface area contributed by atoms with Gasteiger partial charge in [-0.2, -0.15) is 5.26 Å². The lowest BCUT2D eigenvalue weighted by Gasteiger charge is -2.21. The predicted molar refractivity (Wildman–Crippen MR) is 93.9 cm³/mol. The van der Waals surface area contributed by atoms with Crippen LogP contribution in [0.25, 0.3) is 0 Å². The number of rotatable bonds is 5. The summed E-state index contributed by atoms with van der Waals surface area (Å²) in [5.74, 6) is -0.407. The lowest BCUT2D eigenvalue weighted by atomic mass is 10.2. The quantitative estimate of drug-likeness (QED) is 0.903. The van der Waals surface area contributed by atoms with Crippen molar-refractivity contribution >= 4 is 34.8 Å². The van der Waals surface area contributed by atoms with Gasteiger partial charge in [0.2, 0.25) is 11.8 Å². The summed E-state index contributed by atoms with van der Waals surface area (Å²) in [6, 6.07) is 15.6. The molecule has 0 saturated carbocycles. The van der Waals surface area contributed by atoms with Crippen molar-refractivity contribution in [2.24, 2.45) is 0 Å². The highest BCUT2D eigenvalue weighted by Gasteiger charge is 2.14. The smallest absolute Gasteiger partial charge is 0.226 e. The third kappa shape index (κ3) is 4.83. The van der Waals surface area contributed by atoms with Gasteiger partial charge in [0.15, 0.2) is 0 Å². The summed E-state index contributed by atoms with van der Waals surface area (Å²) in [5.41, 5.74) is 1.67. The number of carbonyl (C=O) groups excluding carboxylic acids is 2. The molecule has 0 unspecified atom stereocenters. The van der Waals surface area contributed by atoms with E-state index in [0.717, 1.165) is 0 Å². The van der Waals surface area contributed by atoms with E-state index in [0.29, 0.717) is 22.0 Å². The summed E-state index contributed by atoms with van der Waals surface area (Å²) in [5, 5.41) is 12.1. The molecule has 0 heterocycles. The third-order valence-electron chi connectivity index (χ3n) is 3.34. The van der Waals surface area contributed by atoms with Gasteiger partial charge in [0.1, 0.15) is 0 Å². The second kappa shape index (κ2) is 8.14. The van der Waals surface area contributed by atoms with Crippen LogP contribution in [0.1, 0.15) is 18.9 Å². The van der Waals surface area contributed by atoms with Crippen molar-refractivity contribution in [3.05, 3.63) is 59.1 Å². The second-order valence-corrected chi connectivity index (χ2v) is 5.58. The van der Waals surface area contributed by atoms with Crippen LogP contribution in [-0.2, 0) is 9.59 Å². The monoisotopic (exact) mass is 341 g/mol. The zero-order valence-electron chi connectivity index (χ0n) is 13.1. The Morgan fingerprint density at radius 2 is 1.96 bits per heavy atom. The largest absolute Gasteiger partial charge is 0.326 e. The maximum atomic E-state index is 12.1. The average molecular weight is 342 g/mol. The summed E-state index contributed by atoms with van der Waals surface area (Å²) < 4.78 is 0. The van der Waals surface area contributed by atoms with Gasteiger partial charge in [-0.05, 0) is 36.4 Å². The molecule has 2 rings (SSSR count). The minimum atomic E-state index is -0.238. The molecule has 0 saturated heterocycles. The molecule has 0 radical (unpaired) electrons. The highest BCUT2D eigenvalue weighted by molar-refractivity contribution is 6.30. The Hall–Kier alpha value is -2.84. The number of hydrogen-bond acceptors (Lipinski definition) is 3. The lowest BCUT2D eigenvalue weighted by molar-refractivity contribution is -0.117. The Labute approximate surface area is 145 Å². The third-order valence-corrected chi connectivity index (χ3v) is 3.57. The first kappa shape index (κ1) is 17.5. The Morgan fingerprint density at radius 1 is 1.21 bits per heavy atom. The molecule has 0 aliphatic rings. The number of nitriles is 1. The van der Waals surface area contributed by atoms with Crippen molar-refractivity contribution < 1.29 is 9.59 Å². The minimum absolute atomic E-state index is 0.128. The zero-order chi connectivity index (χ0) is 17.5. The summed E-state index contributed by atoms with van der Waals surface area (Å²) in [6.45, 7) is 1.68. The van der Waals surface area contributed by atoms with Crippen LogP contribution >= 0.6 is 11.6 Å². The molecule has 0 aliphatic heterocycles. The van der Waals surface area contributed by atoms with Gasteiger partial charge < -0.3 is 10.2 Å². The molecule has 2 aromatic rings. The SMILES string of the molecule is CC(=O)N(CCC(=O)Nc1cccc(C#N)c1)c1cccc(Cl)c1. The van der Waals surface area contributed by atoms with E-state index in [1.165, 1.54) is 11.8 Å². The van der Waals surface area contributed by atoms with E-state index in [4.69, 9.17) is 16.9 Å². The van der Waals surface area contributed by atoms with Crippen LogP contribution in [-0.4, -0.2) is 18.4 Å². The minimum Gasteiger partial charge on any atom is -0.326 e. The van der Waals surface area contributed by atoms with E-state index in [1.54, 1.807) is 48.5 Å². The van der Waals surface area contributed by atoms with Crippen molar-refractivity contribution in [1.29, 1.82) is 5.26 Å². The maximum Gasteiger partial charge on any atom is 0.226 e. The van der Waals surface area contributed by atoms with Crippen LogP contribution in [0.4, 0.5) is 11.4 Å². The number of halogens is 1. The van der Waals surface area contributed by atoms with E-state index >= 15 is 0 Å². The molecule has 0 aromatic heterocycles. The highest BCUT2D eigenvalue weighted by Crippen LogP contribution is 2.20. The molecular weight excluding hydrogens is 326 g/mol. The lowest BCUT2D eigenvalue weighted by Crippen LogP contribution is -2.31. The molecule has 1 N–H and O–H groups in total. The van der Waals surface area contributed by atoms with Crippen LogP contribution in [0.2, 0.25) is 5.02 Å². The fourth-order valence-corrected chi connectivity index (χ4v) is 2.40.